The molecule has 0 aliphatic rings. The number of rotatable bonds is 6. The lowest BCUT2D eigenvalue weighted by molar-refractivity contribution is 0.417. The minimum Gasteiger partial charge on any atom is -0.325 e. The van der Waals surface area contributed by atoms with Crippen LogP contribution in [0.1, 0.15) is 40.0 Å². The van der Waals surface area contributed by atoms with Gasteiger partial charge in [0.25, 0.3) is 0 Å². The first-order valence-corrected chi connectivity index (χ1v) is 5.64. The van der Waals surface area contributed by atoms with Crippen molar-refractivity contribution in [2.75, 3.05) is 11.5 Å². The molecule has 0 bridgehead atoms. The van der Waals surface area contributed by atoms with Crippen LogP contribution in [0.5, 0.6) is 0 Å². The fourth-order valence-corrected chi connectivity index (χ4v) is 2.05. The van der Waals surface area contributed by atoms with Gasteiger partial charge in [0, 0.05) is 5.54 Å². The molecule has 0 fully saturated rings. The largest absolute Gasteiger partial charge is 0.325 e. The molecule has 0 aliphatic carbocycles. The first kappa shape index (κ1) is 11.3. The average Bonchev–Trinajstić information content (AvgIpc) is 1.87. The first-order chi connectivity index (χ1) is 5.12. The summed E-state index contributed by atoms with van der Waals surface area (Å²) >= 11 is 1.98. The maximum absolute atomic E-state index is 6.05. The zero-order valence-electron chi connectivity index (χ0n) is 8.02. The van der Waals surface area contributed by atoms with Gasteiger partial charge in [-0.05, 0) is 31.3 Å². The zero-order chi connectivity index (χ0) is 8.74. The molecule has 0 saturated heterocycles. The van der Waals surface area contributed by atoms with E-state index in [1.807, 2.05) is 11.8 Å². The van der Waals surface area contributed by atoms with Gasteiger partial charge in [0.15, 0.2) is 0 Å². The van der Waals surface area contributed by atoms with Gasteiger partial charge in [0.2, 0.25) is 0 Å². The molecule has 0 radical (unpaired) electrons. The molecule has 0 aromatic rings. The Hall–Kier alpha value is 0.310. The molecule has 1 atom stereocenters. The minimum atomic E-state index is 0.0803. The lowest BCUT2D eigenvalue weighted by Gasteiger charge is -2.23. The Balaban J connectivity index is 3.38. The molecule has 0 saturated carbocycles. The van der Waals surface area contributed by atoms with E-state index in [1.165, 1.54) is 17.9 Å². The van der Waals surface area contributed by atoms with Crippen LogP contribution in [0.15, 0.2) is 0 Å². The maximum Gasteiger partial charge on any atom is 0.0133 e. The van der Waals surface area contributed by atoms with Crippen LogP contribution in [0.25, 0.3) is 0 Å². The van der Waals surface area contributed by atoms with E-state index in [2.05, 4.69) is 20.8 Å². The van der Waals surface area contributed by atoms with E-state index in [4.69, 9.17) is 5.73 Å². The summed E-state index contributed by atoms with van der Waals surface area (Å²) in [7, 11) is 0. The van der Waals surface area contributed by atoms with Crippen LogP contribution in [-0.2, 0) is 0 Å². The smallest absolute Gasteiger partial charge is 0.0133 e. The lowest BCUT2D eigenvalue weighted by Crippen LogP contribution is -2.36. The highest BCUT2D eigenvalue weighted by molar-refractivity contribution is 7.99. The SMILES string of the molecule is CCCC(C)(N)CCSCC. The van der Waals surface area contributed by atoms with E-state index in [9.17, 15) is 0 Å². The molecule has 1 nitrogen and oxygen atoms in total. The van der Waals surface area contributed by atoms with Crippen molar-refractivity contribution in [2.24, 2.45) is 5.73 Å². The first-order valence-electron chi connectivity index (χ1n) is 4.49. The van der Waals surface area contributed by atoms with Gasteiger partial charge < -0.3 is 5.73 Å². The summed E-state index contributed by atoms with van der Waals surface area (Å²) in [6.07, 6.45) is 3.50. The second-order valence-corrected chi connectivity index (χ2v) is 4.74. The van der Waals surface area contributed by atoms with E-state index in [-0.39, 0.29) is 5.54 Å². The third-order valence-electron chi connectivity index (χ3n) is 1.84. The Bertz CT molecular complexity index is 91.6. The molecular weight excluding hydrogens is 154 g/mol. The molecule has 68 valence electrons. The predicted octanol–water partition coefficient (Wildman–Crippen LogP) is 2.65. The summed E-state index contributed by atoms with van der Waals surface area (Å²) in [6, 6.07) is 0. The molecular formula is C9H21NS. The highest BCUT2D eigenvalue weighted by atomic mass is 32.2. The Labute approximate surface area is 75.1 Å². The normalized spacial score (nSPS) is 16.4. The van der Waals surface area contributed by atoms with Crippen LogP contribution in [0.3, 0.4) is 0 Å². The third-order valence-corrected chi connectivity index (χ3v) is 2.74. The van der Waals surface area contributed by atoms with Crippen molar-refractivity contribution < 1.29 is 0 Å². The summed E-state index contributed by atoms with van der Waals surface area (Å²) in [5.74, 6) is 2.42. The molecule has 0 aromatic heterocycles. The monoisotopic (exact) mass is 175 g/mol. The van der Waals surface area contributed by atoms with Crippen molar-refractivity contribution in [1.29, 1.82) is 0 Å². The van der Waals surface area contributed by atoms with E-state index in [0.717, 1.165) is 12.8 Å². The Morgan fingerprint density at radius 2 is 1.91 bits per heavy atom. The minimum absolute atomic E-state index is 0.0803. The summed E-state index contributed by atoms with van der Waals surface area (Å²) in [4.78, 5) is 0. The number of hydrogen-bond acceptors (Lipinski definition) is 2. The van der Waals surface area contributed by atoms with Gasteiger partial charge in [-0.3, -0.25) is 0 Å². The Kier molecular flexibility index (Phi) is 6.06. The Morgan fingerprint density at radius 3 is 2.36 bits per heavy atom. The van der Waals surface area contributed by atoms with Gasteiger partial charge >= 0.3 is 0 Å². The molecule has 0 amide bonds. The average molecular weight is 175 g/mol. The number of hydrogen-bond donors (Lipinski definition) is 1. The standard InChI is InChI=1S/C9H21NS/c1-4-6-9(3,10)7-8-11-5-2/h4-8,10H2,1-3H3. The van der Waals surface area contributed by atoms with Gasteiger partial charge in [-0.2, -0.15) is 11.8 Å². The van der Waals surface area contributed by atoms with Gasteiger partial charge in [0.1, 0.15) is 0 Å². The van der Waals surface area contributed by atoms with Crippen LogP contribution in [0.2, 0.25) is 0 Å². The van der Waals surface area contributed by atoms with E-state index in [1.54, 1.807) is 0 Å². The van der Waals surface area contributed by atoms with Gasteiger partial charge in [-0.25, -0.2) is 0 Å². The van der Waals surface area contributed by atoms with E-state index >= 15 is 0 Å². The van der Waals surface area contributed by atoms with Crippen LogP contribution >= 0.6 is 11.8 Å². The third kappa shape index (κ3) is 6.70. The highest BCUT2D eigenvalue weighted by Crippen LogP contribution is 2.16. The predicted molar refractivity (Wildman–Crippen MR) is 55.1 cm³/mol. The van der Waals surface area contributed by atoms with E-state index in [0.29, 0.717) is 0 Å². The molecule has 2 N–H and O–H groups in total. The zero-order valence-corrected chi connectivity index (χ0v) is 8.84. The Morgan fingerprint density at radius 1 is 1.27 bits per heavy atom. The van der Waals surface area contributed by atoms with E-state index < -0.39 is 0 Å². The summed E-state index contributed by atoms with van der Waals surface area (Å²) in [6.45, 7) is 6.54. The molecule has 0 aromatic carbocycles. The van der Waals surface area contributed by atoms with Crippen LogP contribution in [0, 0.1) is 0 Å². The molecule has 2 heteroatoms. The molecule has 0 spiro atoms. The maximum atomic E-state index is 6.05. The van der Waals surface area contributed by atoms with Crippen molar-refractivity contribution in [2.45, 2.75) is 45.6 Å². The van der Waals surface area contributed by atoms with Gasteiger partial charge in [-0.15, -0.1) is 0 Å². The van der Waals surface area contributed by atoms with Crippen molar-refractivity contribution in [3.05, 3.63) is 0 Å². The van der Waals surface area contributed by atoms with Crippen molar-refractivity contribution in [1.82, 2.24) is 0 Å². The van der Waals surface area contributed by atoms with Crippen LogP contribution < -0.4 is 5.73 Å². The second kappa shape index (κ2) is 5.90. The van der Waals surface area contributed by atoms with Gasteiger partial charge in [0.05, 0.1) is 0 Å². The summed E-state index contributed by atoms with van der Waals surface area (Å²) < 4.78 is 0. The topological polar surface area (TPSA) is 26.0 Å². The van der Waals surface area contributed by atoms with Gasteiger partial charge in [-0.1, -0.05) is 20.3 Å². The molecule has 0 aliphatic heterocycles. The summed E-state index contributed by atoms with van der Waals surface area (Å²) in [5.41, 5.74) is 6.13. The van der Waals surface area contributed by atoms with Crippen molar-refractivity contribution in [3.63, 3.8) is 0 Å². The summed E-state index contributed by atoms with van der Waals surface area (Å²) in [5, 5.41) is 0. The van der Waals surface area contributed by atoms with Crippen LogP contribution in [0.4, 0.5) is 0 Å². The molecule has 11 heavy (non-hydrogen) atoms. The van der Waals surface area contributed by atoms with Crippen LogP contribution in [-0.4, -0.2) is 17.0 Å². The number of thioether (sulfide) groups is 1. The highest BCUT2D eigenvalue weighted by Gasteiger charge is 2.15. The quantitative estimate of drug-likeness (QED) is 0.628. The van der Waals surface area contributed by atoms with Crippen molar-refractivity contribution >= 4 is 11.8 Å². The fraction of sp³-hybridized carbons (Fsp3) is 1.00. The molecule has 1 unspecified atom stereocenters. The fourth-order valence-electron chi connectivity index (χ4n) is 1.15. The lowest BCUT2D eigenvalue weighted by atomic mass is 9.95. The molecule has 0 rings (SSSR count). The molecule has 0 heterocycles. The van der Waals surface area contributed by atoms with Crippen molar-refractivity contribution in [3.8, 4) is 0 Å². The number of nitrogens with two attached hydrogens (primary N) is 1. The second-order valence-electron chi connectivity index (χ2n) is 3.35.